The van der Waals surface area contributed by atoms with Crippen molar-refractivity contribution >= 4 is 40.7 Å². The number of ketones is 1. The number of hydrogen-bond donors (Lipinski definition) is 0. The molecule has 0 saturated carbocycles. The number of benzene rings is 2. The highest BCUT2D eigenvalue weighted by Gasteiger charge is 2.14. The second-order valence-corrected chi connectivity index (χ2v) is 6.35. The van der Waals surface area contributed by atoms with Gasteiger partial charge in [-0.05, 0) is 30.3 Å². The summed E-state index contributed by atoms with van der Waals surface area (Å²) in [4.78, 5) is 12.1. The van der Waals surface area contributed by atoms with Gasteiger partial charge in [0.2, 0.25) is 5.89 Å². The van der Waals surface area contributed by atoms with Crippen LogP contribution in [0.2, 0.25) is 10.0 Å². The van der Waals surface area contributed by atoms with Crippen molar-refractivity contribution in [1.29, 1.82) is 0 Å². The fourth-order valence-corrected chi connectivity index (χ4v) is 2.98. The fraction of sp³-hybridized carbons (Fsp3) is 0.0625. The summed E-state index contributed by atoms with van der Waals surface area (Å²) in [6.07, 6.45) is 0. The Labute approximate surface area is 146 Å². The van der Waals surface area contributed by atoms with Crippen LogP contribution in [0.3, 0.4) is 0 Å². The highest BCUT2D eigenvalue weighted by molar-refractivity contribution is 7.99. The third-order valence-corrected chi connectivity index (χ3v) is 4.36. The number of rotatable bonds is 5. The number of halogens is 2. The van der Waals surface area contributed by atoms with E-state index < -0.39 is 0 Å². The average Bonchev–Trinajstić information content (AvgIpc) is 3.02. The smallest absolute Gasteiger partial charge is 0.277 e. The van der Waals surface area contributed by atoms with Crippen LogP contribution in [0.4, 0.5) is 0 Å². The molecule has 0 radical (unpaired) electrons. The SMILES string of the molecule is O=C(CSc1nnc(-c2cccc(Cl)c2)o1)c1ccccc1Cl. The Morgan fingerprint density at radius 3 is 2.70 bits per heavy atom. The molecule has 116 valence electrons. The summed E-state index contributed by atoms with van der Waals surface area (Å²) in [5, 5.41) is 9.23. The van der Waals surface area contributed by atoms with Crippen LogP contribution >= 0.6 is 35.0 Å². The number of carbonyl (C=O) groups excluding carboxylic acids is 1. The van der Waals surface area contributed by atoms with Crippen LogP contribution in [0.25, 0.3) is 11.5 Å². The van der Waals surface area contributed by atoms with E-state index in [0.29, 0.717) is 26.7 Å². The predicted octanol–water partition coefficient (Wildman–Crippen LogP) is 5.02. The van der Waals surface area contributed by atoms with Gasteiger partial charge in [-0.25, -0.2) is 0 Å². The lowest BCUT2D eigenvalue weighted by Gasteiger charge is -2.01. The van der Waals surface area contributed by atoms with Gasteiger partial charge in [-0.1, -0.05) is 53.2 Å². The Bertz CT molecular complexity index is 851. The monoisotopic (exact) mass is 364 g/mol. The minimum absolute atomic E-state index is 0.0943. The summed E-state index contributed by atoms with van der Waals surface area (Å²) < 4.78 is 5.54. The molecular weight excluding hydrogens is 355 g/mol. The van der Waals surface area contributed by atoms with Crippen molar-refractivity contribution in [2.24, 2.45) is 0 Å². The molecule has 7 heteroatoms. The summed E-state index contributed by atoms with van der Waals surface area (Å²) >= 11 is 13.1. The lowest BCUT2D eigenvalue weighted by atomic mass is 10.1. The molecule has 0 fully saturated rings. The maximum absolute atomic E-state index is 12.1. The van der Waals surface area contributed by atoms with Crippen molar-refractivity contribution in [3.8, 4) is 11.5 Å². The second-order valence-electron chi connectivity index (χ2n) is 4.58. The Balaban J connectivity index is 1.68. The van der Waals surface area contributed by atoms with Crippen molar-refractivity contribution in [2.75, 3.05) is 5.75 Å². The van der Waals surface area contributed by atoms with Crippen LogP contribution in [0.1, 0.15) is 10.4 Å². The van der Waals surface area contributed by atoms with Crippen LogP contribution in [-0.4, -0.2) is 21.7 Å². The summed E-state index contributed by atoms with van der Waals surface area (Å²) in [6.45, 7) is 0. The van der Waals surface area contributed by atoms with E-state index in [1.165, 1.54) is 11.8 Å². The molecule has 0 amide bonds. The first-order valence-electron chi connectivity index (χ1n) is 6.63. The second kappa shape index (κ2) is 7.17. The first kappa shape index (κ1) is 16.1. The molecule has 2 aromatic carbocycles. The first-order chi connectivity index (χ1) is 11.1. The minimum Gasteiger partial charge on any atom is -0.411 e. The van der Waals surface area contributed by atoms with Crippen LogP contribution in [0.15, 0.2) is 58.2 Å². The van der Waals surface area contributed by atoms with Crippen LogP contribution in [0, 0.1) is 0 Å². The zero-order valence-electron chi connectivity index (χ0n) is 11.7. The van der Waals surface area contributed by atoms with Crippen molar-refractivity contribution in [1.82, 2.24) is 10.2 Å². The molecule has 4 nitrogen and oxygen atoms in total. The standard InChI is InChI=1S/C16H10Cl2N2O2S/c17-11-5-3-4-10(8-11)15-19-20-16(22-15)23-9-14(21)12-6-1-2-7-13(12)18/h1-8H,9H2. The zero-order chi connectivity index (χ0) is 16.2. The Morgan fingerprint density at radius 2 is 1.91 bits per heavy atom. The molecule has 0 aliphatic rings. The highest BCUT2D eigenvalue weighted by atomic mass is 35.5. The van der Waals surface area contributed by atoms with E-state index in [0.717, 1.165) is 5.56 Å². The number of aromatic nitrogens is 2. The lowest BCUT2D eigenvalue weighted by molar-refractivity contribution is 0.102. The molecule has 0 unspecified atom stereocenters. The van der Waals surface area contributed by atoms with Gasteiger partial charge in [0.1, 0.15) is 0 Å². The lowest BCUT2D eigenvalue weighted by Crippen LogP contribution is -2.02. The summed E-state index contributed by atoms with van der Waals surface area (Å²) in [6, 6.07) is 14.0. The molecule has 1 heterocycles. The van der Waals surface area contributed by atoms with Gasteiger partial charge in [0.25, 0.3) is 5.22 Å². The van der Waals surface area contributed by atoms with Crippen molar-refractivity contribution in [2.45, 2.75) is 5.22 Å². The molecule has 0 atom stereocenters. The maximum Gasteiger partial charge on any atom is 0.277 e. The fourth-order valence-electron chi connectivity index (χ4n) is 1.90. The molecule has 0 bridgehead atoms. The molecule has 0 spiro atoms. The largest absolute Gasteiger partial charge is 0.411 e. The van der Waals surface area contributed by atoms with Gasteiger partial charge in [-0.15, -0.1) is 10.2 Å². The molecule has 1 aromatic heterocycles. The molecule has 0 aliphatic heterocycles. The Hall–Kier alpha value is -1.82. The van der Waals surface area contributed by atoms with Crippen LogP contribution in [-0.2, 0) is 0 Å². The van der Waals surface area contributed by atoms with E-state index in [1.54, 1.807) is 42.5 Å². The average molecular weight is 365 g/mol. The van der Waals surface area contributed by atoms with E-state index in [2.05, 4.69) is 10.2 Å². The summed E-state index contributed by atoms with van der Waals surface area (Å²) in [5.41, 5.74) is 1.21. The number of hydrogen-bond acceptors (Lipinski definition) is 5. The van der Waals surface area contributed by atoms with E-state index in [-0.39, 0.29) is 11.5 Å². The van der Waals surface area contributed by atoms with E-state index in [9.17, 15) is 4.79 Å². The third-order valence-electron chi connectivity index (χ3n) is 2.98. The van der Waals surface area contributed by atoms with Gasteiger partial charge in [0, 0.05) is 16.1 Å². The van der Waals surface area contributed by atoms with E-state index in [1.807, 2.05) is 6.07 Å². The van der Waals surface area contributed by atoms with E-state index in [4.69, 9.17) is 27.6 Å². The van der Waals surface area contributed by atoms with Crippen molar-refractivity contribution < 1.29 is 9.21 Å². The zero-order valence-corrected chi connectivity index (χ0v) is 14.0. The van der Waals surface area contributed by atoms with E-state index >= 15 is 0 Å². The van der Waals surface area contributed by atoms with Gasteiger partial charge in [-0.2, -0.15) is 0 Å². The van der Waals surface area contributed by atoms with Gasteiger partial charge in [0.05, 0.1) is 10.8 Å². The van der Waals surface area contributed by atoms with Gasteiger partial charge in [-0.3, -0.25) is 4.79 Å². The maximum atomic E-state index is 12.1. The summed E-state index contributed by atoms with van der Waals surface area (Å²) in [7, 11) is 0. The van der Waals surface area contributed by atoms with Crippen LogP contribution < -0.4 is 0 Å². The third kappa shape index (κ3) is 3.93. The van der Waals surface area contributed by atoms with Crippen LogP contribution in [0.5, 0.6) is 0 Å². The Kier molecular flexibility index (Phi) is 5.00. The number of carbonyl (C=O) groups is 1. The predicted molar refractivity (Wildman–Crippen MR) is 91.3 cm³/mol. The van der Waals surface area contributed by atoms with Gasteiger partial charge >= 0.3 is 0 Å². The van der Waals surface area contributed by atoms with Gasteiger partial charge < -0.3 is 4.42 Å². The molecular formula is C16H10Cl2N2O2S. The molecule has 23 heavy (non-hydrogen) atoms. The molecule has 3 rings (SSSR count). The topological polar surface area (TPSA) is 56.0 Å². The van der Waals surface area contributed by atoms with Crippen molar-refractivity contribution in [3.63, 3.8) is 0 Å². The number of Topliss-reactive ketones (excluding diaryl/α,β-unsaturated/α-hetero) is 1. The molecule has 3 aromatic rings. The normalized spacial score (nSPS) is 10.7. The molecule has 0 N–H and O–H groups in total. The van der Waals surface area contributed by atoms with Crippen molar-refractivity contribution in [3.05, 3.63) is 64.1 Å². The first-order valence-corrected chi connectivity index (χ1v) is 8.37. The Morgan fingerprint density at radius 1 is 1.09 bits per heavy atom. The molecule has 0 saturated heterocycles. The number of thioether (sulfide) groups is 1. The number of nitrogens with zero attached hydrogens (tertiary/aromatic N) is 2. The quantitative estimate of drug-likeness (QED) is 0.469. The molecule has 0 aliphatic carbocycles. The summed E-state index contributed by atoms with van der Waals surface area (Å²) in [5.74, 6) is 0.435. The minimum atomic E-state index is -0.0943. The highest BCUT2D eigenvalue weighted by Crippen LogP contribution is 2.26. The van der Waals surface area contributed by atoms with Gasteiger partial charge in [0.15, 0.2) is 5.78 Å².